The monoisotopic (exact) mass is 321 g/mol. The highest BCUT2D eigenvalue weighted by Crippen LogP contribution is 2.21. The Bertz CT molecular complexity index is 633. The van der Waals surface area contributed by atoms with Crippen molar-refractivity contribution in [3.05, 3.63) is 23.8 Å². The molecule has 4 N–H and O–H groups in total. The zero-order valence-corrected chi connectivity index (χ0v) is 12.4. The maximum Gasteiger partial charge on any atom is 0.273 e. The number of anilines is 1. The third-order valence-corrected chi connectivity index (χ3v) is 4.16. The molecule has 0 spiro atoms. The van der Waals surface area contributed by atoms with E-state index in [1.807, 2.05) is 4.72 Å². The van der Waals surface area contributed by atoms with Gasteiger partial charge in [-0.1, -0.05) is 6.07 Å². The van der Waals surface area contributed by atoms with Crippen molar-refractivity contribution in [3.63, 3.8) is 0 Å². The number of hydrogen-bond acceptors (Lipinski definition) is 4. The summed E-state index contributed by atoms with van der Waals surface area (Å²) < 4.78 is 52.0. The molecule has 0 saturated carbocycles. The van der Waals surface area contributed by atoms with E-state index < -0.39 is 29.0 Å². The summed E-state index contributed by atoms with van der Waals surface area (Å²) in [6.07, 6.45) is 0. The van der Waals surface area contributed by atoms with E-state index in [4.69, 9.17) is 5.73 Å². The number of hydrogen-bond donors (Lipinski definition) is 3. The highest BCUT2D eigenvalue weighted by Gasteiger charge is 2.29. The Morgan fingerprint density at radius 3 is 2.52 bits per heavy atom. The lowest BCUT2D eigenvalue weighted by Gasteiger charge is -2.16. The van der Waals surface area contributed by atoms with Gasteiger partial charge in [0.25, 0.3) is 5.92 Å². The average molecular weight is 321 g/mol. The molecule has 1 amide bonds. The van der Waals surface area contributed by atoms with Gasteiger partial charge in [-0.05, 0) is 24.6 Å². The molecule has 0 bridgehead atoms. The number of aryl methyl sites for hydroxylation is 1. The Labute approximate surface area is 121 Å². The molecule has 1 aromatic rings. The van der Waals surface area contributed by atoms with Crippen LogP contribution in [0.2, 0.25) is 0 Å². The van der Waals surface area contributed by atoms with Crippen LogP contribution in [0.1, 0.15) is 12.5 Å². The van der Waals surface area contributed by atoms with E-state index in [0.717, 1.165) is 0 Å². The smallest absolute Gasteiger partial charge is 0.273 e. The van der Waals surface area contributed by atoms with Gasteiger partial charge in [-0.15, -0.1) is 0 Å². The van der Waals surface area contributed by atoms with Crippen LogP contribution in [-0.4, -0.2) is 33.3 Å². The van der Waals surface area contributed by atoms with Crippen molar-refractivity contribution in [2.45, 2.75) is 24.7 Å². The second-order valence-corrected chi connectivity index (χ2v) is 6.28. The third kappa shape index (κ3) is 5.03. The number of carbonyl (C=O) groups is 1. The van der Waals surface area contributed by atoms with E-state index in [9.17, 15) is 22.0 Å². The predicted octanol–water partition coefficient (Wildman–Crippen LogP) is 0.826. The van der Waals surface area contributed by atoms with Crippen molar-refractivity contribution in [2.24, 2.45) is 5.73 Å². The second-order valence-electron chi connectivity index (χ2n) is 4.55. The summed E-state index contributed by atoms with van der Waals surface area (Å²) in [6.45, 7) is 0.747. The van der Waals surface area contributed by atoms with E-state index >= 15 is 0 Å². The van der Waals surface area contributed by atoms with E-state index in [2.05, 4.69) is 5.32 Å². The summed E-state index contributed by atoms with van der Waals surface area (Å²) in [6, 6.07) is 4.20. The average Bonchev–Trinajstić information content (AvgIpc) is 2.38. The molecule has 1 rings (SSSR count). The minimum atomic E-state index is -4.13. The van der Waals surface area contributed by atoms with Crippen LogP contribution >= 0.6 is 0 Å². The molecule has 0 aliphatic rings. The highest BCUT2D eigenvalue weighted by molar-refractivity contribution is 7.89. The molecule has 0 saturated heterocycles. The standard InChI is InChI=1S/C12H17F2N3O3S/c1-8-3-4-10(17-9(2)18)5-11(8)21(19,20)16-7-12(13,14)6-15/h3-5,16H,6-7,15H2,1-2H3,(H,17,18). The fourth-order valence-electron chi connectivity index (χ4n) is 1.52. The number of carbonyl (C=O) groups excluding carboxylic acids is 1. The molecule has 0 atom stereocenters. The number of amides is 1. The van der Waals surface area contributed by atoms with Gasteiger partial charge >= 0.3 is 0 Å². The maximum absolute atomic E-state index is 13.0. The summed E-state index contributed by atoms with van der Waals surface area (Å²) in [5, 5.41) is 2.43. The molecule has 6 nitrogen and oxygen atoms in total. The van der Waals surface area contributed by atoms with Crippen LogP contribution in [0.3, 0.4) is 0 Å². The summed E-state index contributed by atoms with van der Waals surface area (Å²) >= 11 is 0. The third-order valence-electron chi connectivity index (χ3n) is 2.62. The molecular weight excluding hydrogens is 304 g/mol. The van der Waals surface area contributed by atoms with Crippen molar-refractivity contribution in [1.82, 2.24) is 4.72 Å². The van der Waals surface area contributed by atoms with Crippen molar-refractivity contribution in [3.8, 4) is 0 Å². The maximum atomic E-state index is 13.0. The van der Waals surface area contributed by atoms with Crippen LogP contribution in [0.25, 0.3) is 0 Å². The van der Waals surface area contributed by atoms with Crippen LogP contribution in [0.5, 0.6) is 0 Å². The summed E-state index contributed by atoms with van der Waals surface area (Å²) in [5.74, 6) is -3.69. The van der Waals surface area contributed by atoms with E-state index in [0.29, 0.717) is 5.56 Å². The lowest BCUT2D eigenvalue weighted by molar-refractivity contribution is -0.114. The molecule has 0 aromatic heterocycles. The minimum Gasteiger partial charge on any atom is -0.326 e. The Balaban J connectivity index is 3.04. The summed E-state index contributed by atoms with van der Waals surface area (Å²) in [4.78, 5) is 10.8. The molecule has 1 aromatic carbocycles. The van der Waals surface area contributed by atoms with Gasteiger partial charge in [-0.3, -0.25) is 4.79 Å². The van der Waals surface area contributed by atoms with E-state index in [1.165, 1.54) is 32.0 Å². The highest BCUT2D eigenvalue weighted by atomic mass is 32.2. The lowest BCUT2D eigenvalue weighted by atomic mass is 10.2. The molecule has 9 heteroatoms. The molecule has 118 valence electrons. The Kier molecular flexibility index (Phi) is 5.37. The number of sulfonamides is 1. The Hall–Kier alpha value is -1.58. The number of alkyl halides is 2. The van der Waals surface area contributed by atoms with Gasteiger partial charge in [-0.25, -0.2) is 21.9 Å². The first-order valence-corrected chi connectivity index (χ1v) is 7.51. The molecule has 0 aliphatic heterocycles. The molecule has 0 heterocycles. The van der Waals surface area contributed by atoms with Crippen LogP contribution in [0.15, 0.2) is 23.1 Å². The van der Waals surface area contributed by atoms with Gasteiger partial charge in [0.15, 0.2) is 0 Å². The van der Waals surface area contributed by atoms with Crippen molar-refractivity contribution >= 4 is 21.6 Å². The van der Waals surface area contributed by atoms with Crippen molar-refractivity contribution in [1.29, 1.82) is 0 Å². The van der Waals surface area contributed by atoms with Gasteiger partial charge in [0.05, 0.1) is 18.0 Å². The summed E-state index contributed by atoms with van der Waals surface area (Å²) in [7, 11) is -4.13. The first-order valence-electron chi connectivity index (χ1n) is 6.03. The summed E-state index contributed by atoms with van der Waals surface area (Å²) in [5.41, 5.74) is 5.48. The topological polar surface area (TPSA) is 101 Å². The first kappa shape index (κ1) is 17.5. The fraction of sp³-hybridized carbons (Fsp3) is 0.417. The van der Waals surface area contributed by atoms with E-state index in [1.54, 1.807) is 0 Å². The largest absolute Gasteiger partial charge is 0.326 e. The molecule has 0 unspecified atom stereocenters. The van der Waals surface area contributed by atoms with Gasteiger partial charge < -0.3 is 11.1 Å². The van der Waals surface area contributed by atoms with Gasteiger partial charge in [0.2, 0.25) is 15.9 Å². The quantitative estimate of drug-likeness (QED) is 0.722. The van der Waals surface area contributed by atoms with E-state index in [-0.39, 0.29) is 16.5 Å². The molecular formula is C12H17F2N3O3S. The van der Waals surface area contributed by atoms with Crippen molar-refractivity contribution in [2.75, 3.05) is 18.4 Å². The van der Waals surface area contributed by atoms with Crippen LogP contribution in [0, 0.1) is 6.92 Å². The lowest BCUT2D eigenvalue weighted by Crippen LogP contribution is -2.41. The predicted molar refractivity (Wildman–Crippen MR) is 74.7 cm³/mol. The van der Waals surface area contributed by atoms with Gasteiger partial charge in [0.1, 0.15) is 0 Å². The Morgan fingerprint density at radius 2 is 2.00 bits per heavy atom. The molecule has 0 radical (unpaired) electrons. The van der Waals surface area contributed by atoms with Crippen LogP contribution < -0.4 is 15.8 Å². The van der Waals surface area contributed by atoms with Crippen molar-refractivity contribution < 1.29 is 22.0 Å². The normalized spacial score (nSPS) is 12.2. The SMILES string of the molecule is CC(=O)Nc1ccc(C)c(S(=O)(=O)NCC(F)(F)CN)c1. The van der Waals surface area contributed by atoms with Crippen LogP contribution in [-0.2, 0) is 14.8 Å². The fourth-order valence-corrected chi connectivity index (χ4v) is 2.85. The molecule has 0 fully saturated rings. The zero-order chi connectivity index (χ0) is 16.3. The number of halogens is 2. The van der Waals surface area contributed by atoms with Crippen LogP contribution in [0.4, 0.5) is 14.5 Å². The minimum absolute atomic E-state index is 0.179. The number of rotatable bonds is 6. The Morgan fingerprint density at radius 1 is 1.38 bits per heavy atom. The van der Waals surface area contributed by atoms with Gasteiger partial charge in [0, 0.05) is 12.6 Å². The number of nitrogens with one attached hydrogen (secondary N) is 2. The number of benzene rings is 1. The number of nitrogens with two attached hydrogens (primary N) is 1. The molecule has 0 aliphatic carbocycles. The first-order chi connectivity index (χ1) is 9.57. The second kappa shape index (κ2) is 6.46. The molecule has 21 heavy (non-hydrogen) atoms. The zero-order valence-electron chi connectivity index (χ0n) is 11.6. The van der Waals surface area contributed by atoms with Gasteiger partial charge in [-0.2, -0.15) is 0 Å².